The first-order valence-electron chi connectivity index (χ1n) is 10.8. The molecule has 0 spiro atoms. The van der Waals surface area contributed by atoms with Crippen molar-refractivity contribution in [2.24, 2.45) is 0 Å². The van der Waals surface area contributed by atoms with E-state index in [1.54, 1.807) is 24.5 Å². The highest BCUT2D eigenvalue weighted by atomic mass is 16.2. The molecule has 2 N–H and O–H groups in total. The molecule has 0 saturated carbocycles. The molecular formula is C25H27N5O3. The normalized spacial score (nSPS) is 17.7. The SMILES string of the molecule is C=CCN1C(=O)N[C@@H](c2ccc(C)cc2C)C2=C1CN(CC(=O)NCc1cccnc1)C2=O. The van der Waals surface area contributed by atoms with Gasteiger partial charge >= 0.3 is 6.03 Å². The Hall–Kier alpha value is -3.94. The number of hydrogen-bond acceptors (Lipinski definition) is 4. The van der Waals surface area contributed by atoms with Crippen molar-refractivity contribution >= 4 is 17.8 Å². The predicted molar refractivity (Wildman–Crippen MR) is 124 cm³/mol. The standard InChI is InChI=1S/C25H27N5O3/c1-4-10-30-20-14-29(15-21(31)27-13-18-6-5-9-26-12-18)24(32)22(20)23(28-25(30)33)19-8-7-16(2)11-17(19)3/h4-9,11-12,23H,1,10,13-15H2,2-3H3,(H,27,31)(H,28,33)/t23-/m0/s1. The number of urea groups is 1. The van der Waals surface area contributed by atoms with Crippen LogP contribution in [0.3, 0.4) is 0 Å². The number of carbonyl (C=O) groups excluding carboxylic acids is 3. The molecule has 8 heteroatoms. The third-order valence-corrected chi connectivity index (χ3v) is 5.89. The summed E-state index contributed by atoms with van der Waals surface area (Å²) in [4.78, 5) is 46.0. The van der Waals surface area contributed by atoms with Crippen LogP contribution in [0.1, 0.15) is 28.3 Å². The van der Waals surface area contributed by atoms with Crippen molar-refractivity contribution in [2.45, 2.75) is 26.4 Å². The molecule has 2 aliphatic rings. The number of pyridine rings is 1. The van der Waals surface area contributed by atoms with Crippen molar-refractivity contribution in [3.05, 3.63) is 88.9 Å². The second kappa shape index (κ2) is 9.28. The highest BCUT2D eigenvalue weighted by molar-refractivity contribution is 6.03. The fourth-order valence-corrected chi connectivity index (χ4v) is 4.31. The van der Waals surface area contributed by atoms with E-state index >= 15 is 0 Å². The van der Waals surface area contributed by atoms with Gasteiger partial charge in [-0.3, -0.25) is 19.5 Å². The molecule has 3 heterocycles. The van der Waals surface area contributed by atoms with Crippen LogP contribution in [0, 0.1) is 13.8 Å². The van der Waals surface area contributed by atoms with Gasteiger partial charge in [-0.15, -0.1) is 6.58 Å². The van der Waals surface area contributed by atoms with Gasteiger partial charge in [0.25, 0.3) is 5.91 Å². The Kier molecular flexibility index (Phi) is 6.26. The largest absolute Gasteiger partial charge is 0.350 e. The molecule has 8 nitrogen and oxygen atoms in total. The van der Waals surface area contributed by atoms with Gasteiger partial charge in [0, 0.05) is 25.5 Å². The van der Waals surface area contributed by atoms with E-state index < -0.39 is 6.04 Å². The number of aryl methyl sites for hydroxylation is 2. The molecule has 0 unspecified atom stereocenters. The minimum atomic E-state index is -0.565. The summed E-state index contributed by atoms with van der Waals surface area (Å²) in [6.45, 7) is 8.40. The maximum Gasteiger partial charge on any atom is 0.322 e. The molecule has 0 bridgehead atoms. The van der Waals surface area contributed by atoms with Crippen molar-refractivity contribution in [3.8, 4) is 0 Å². The average molecular weight is 446 g/mol. The molecular weight excluding hydrogens is 418 g/mol. The van der Waals surface area contributed by atoms with Gasteiger partial charge in [0.1, 0.15) is 6.54 Å². The number of hydrogen-bond donors (Lipinski definition) is 2. The monoisotopic (exact) mass is 445 g/mol. The topological polar surface area (TPSA) is 94.6 Å². The lowest BCUT2D eigenvalue weighted by molar-refractivity contribution is -0.132. The fourth-order valence-electron chi connectivity index (χ4n) is 4.31. The second-order valence-electron chi connectivity index (χ2n) is 8.30. The van der Waals surface area contributed by atoms with Crippen LogP contribution in [0.5, 0.6) is 0 Å². The first-order chi connectivity index (χ1) is 15.9. The summed E-state index contributed by atoms with van der Waals surface area (Å²) in [5.74, 6) is -0.523. The number of nitrogens with one attached hydrogen (secondary N) is 2. The van der Waals surface area contributed by atoms with Gasteiger partial charge in [-0.25, -0.2) is 4.79 Å². The number of carbonyl (C=O) groups is 3. The summed E-state index contributed by atoms with van der Waals surface area (Å²) in [7, 11) is 0. The number of nitrogens with zero attached hydrogens (tertiary/aromatic N) is 3. The first-order valence-corrected chi connectivity index (χ1v) is 10.8. The van der Waals surface area contributed by atoms with E-state index in [1.165, 1.54) is 9.80 Å². The third-order valence-electron chi connectivity index (χ3n) is 5.89. The summed E-state index contributed by atoms with van der Waals surface area (Å²) in [6, 6.07) is 8.76. The highest BCUT2D eigenvalue weighted by Gasteiger charge is 2.44. The lowest BCUT2D eigenvalue weighted by atomic mass is 9.91. The summed E-state index contributed by atoms with van der Waals surface area (Å²) < 4.78 is 0. The van der Waals surface area contributed by atoms with E-state index in [0.29, 0.717) is 17.8 Å². The lowest BCUT2D eigenvalue weighted by Gasteiger charge is -2.33. The van der Waals surface area contributed by atoms with Gasteiger partial charge in [0.2, 0.25) is 5.91 Å². The van der Waals surface area contributed by atoms with Gasteiger partial charge in [-0.1, -0.05) is 35.9 Å². The quantitative estimate of drug-likeness (QED) is 0.640. The van der Waals surface area contributed by atoms with Gasteiger partial charge in [0.05, 0.1) is 23.9 Å². The van der Waals surface area contributed by atoms with E-state index in [1.807, 2.05) is 38.1 Å². The van der Waals surface area contributed by atoms with Crippen molar-refractivity contribution in [1.82, 2.24) is 25.4 Å². The molecule has 0 radical (unpaired) electrons. The predicted octanol–water partition coefficient (Wildman–Crippen LogP) is 2.36. The highest BCUT2D eigenvalue weighted by Crippen LogP contribution is 2.37. The molecule has 33 heavy (non-hydrogen) atoms. The van der Waals surface area contributed by atoms with Crippen LogP contribution in [0.4, 0.5) is 4.79 Å². The van der Waals surface area contributed by atoms with Gasteiger partial charge in [-0.05, 0) is 36.6 Å². The summed E-state index contributed by atoms with van der Waals surface area (Å²) in [5, 5.41) is 5.80. The zero-order chi connectivity index (χ0) is 23.5. The maximum atomic E-state index is 13.4. The molecule has 0 aliphatic carbocycles. The van der Waals surface area contributed by atoms with Crippen LogP contribution in [0.2, 0.25) is 0 Å². The fraction of sp³-hybridized carbons (Fsp3) is 0.280. The lowest BCUT2D eigenvalue weighted by Crippen LogP contribution is -2.47. The van der Waals surface area contributed by atoms with Crippen molar-refractivity contribution in [1.29, 1.82) is 0 Å². The molecule has 2 aliphatic heterocycles. The van der Waals surface area contributed by atoms with Crippen LogP contribution in [-0.2, 0) is 16.1 Å². The Morgan fingerprint density at radius 3 is 2.82 bits per heavy atom. The molecule has 4 rings (SSSR count). The van der Waals surface area contributed by atoms with Crippen LogP contribution in [0.25, 0.3) is 0 Å². The zero-order valence-electron chi connectivity index (χ0n) is 18.8. The third kappa shape index (κ3) is 4.50. The minimum absolute atomic E-state index is 0.0954. The molecule has 2 aromatic rings. The van der Waals surface area contributed by atoms with Crippen LogP contribution < -0.4 is 10.6 Å². The van der Waals surface area contributed by atoms with Crippen LogP contribution in [0.15, 0.2) is 66.7 Å². The first kappa shape index (κ1) is 22.3. The van der Waals surface area contributed by atoms with Crippen molar-refractivity contribution < 1.29 is 14.4 Å². The molecule has 1 atom stereocenters. The van der Waals surface area contributed by atoms with Crippen molar-refractivity contribution in [2.75, 3.05) is 19.6 Å². The van der Waals surface area contributed by atoms with Crippen LogP contribution >= 0.6 is 0 Å². The van der Waals surface area contributed by atoms with E-state index in [2.05, 4.69) is 22.2 Å². The zero-order valence-corrected chi connectivity index (χ0v) is 18.8. The van der Waals surface area contributed by atoms with E-state index in [4.69, 9.17) is 0 Å². The Bertz CT molecular complexity index is 1140. The number of rotatable bonds is 7. The Morgan fingerprint density at radius 1 is 1.30 bits per heavy atom. The molecule has 170 valence electrons. The Balaban J connectivity index is 1.57. The minimum Gasteiger partial charge on any atom is -0.350 e. The molecule has 1 aromatic heterocycles. The molecule has 0 fully saturated rings. The van der Waals surface area contributed by atoms with Gasteiger partial charge in [0.15, 0.2) is 0 Å². The number of aromatic nitrogens is 1. The van der Waals surface area contributed by atoms with Gasteiger partial charge < -0.3 is 15.5 Å². The maximum absolute atomic E-state index is 13.4. The smallest absolute Gasteiger partial charge is 0.322 e. The summed E-state index contributed by atoms with van der Waals surface area (Å²) in [6.07, 6.45) is 4.97. The Morgan fingerprint density at radius 2 is 2.12 bits per heavy atom. The van der Waals surface area contributed by atoms with E-state index in [9.17, 15) is 14.4 Å². The van der Waals surface area contributed by atoms with E-state index in [0.717, 1.165) is 22.3 Å². The summed E-state index contributed by atoms with van der Waals surface area (Å²) in [5.41, 5.74) is 4.96. The Labute approximate surface area is 193 Å². The molecule has 1 aromatic carbocycles. The number of benzene rings is 1. The van der Waals surface area contributed by atoms with Crippen molar-refractivity contribution in [3.63, 3.8) is 0 Å². The summed E-state index contributed by atoms with van der Waals surface area (Å²) >= 11 is 0. The van der Waals surface area contributed by atoms with Crippen LogP contribution in [-0.4, -0.2) is 52.3 Å². The molecule has 4 amide bonds. The van der Waals surface area contributed by atoms with E-state index in [-0.39, 0.29) is 37.5 Å². The second-order valence-corrected chi connectivity index (χ2v) is 8.30. The average Bonchev–Trinajstić information content (AvgIpc) is 3.11. The number of amides is 4. The molecule has 0 saturated heterocycles. The van der Waals surface area contributed by atoms with Gasteiger partial charge in [-0.2, -0.15) is 0 Å².